The van der Waals surface area contributed by atoms with Crippen LogP contribution in [0.25, 0.3) is 21.6 Å². The summed E-state index contributed by atoms with van der Waals surface area (Å²) in [6, 6.07) is 5.55. The second-order valence-corrected chi connectivity index (χ2v) is 7.51. The molecule has 1 fully saturated rings. The van der Waals surface area contributed by atoms with Gasteiger partial charge in [-0.2, -0.15) is 5.26 Å². The molecule has 0 aliphatic carbocycles. The number of hydrogen-bond acceptors (Lipinski definition) is 10. The Morgan fingerprint density at radius 3 is 3.00 bits per heavy atom. The topological polar surface area (TPSA) is 204 Å². The van der Waals surface area contributed by atoms with Gasteiger partial charge >= 0.3 is 5.97 Å². The van der Waals surface area contributed by atoms with Gasteiger partial charge in [-0.3, -0.25) is 4.57 Å². The van der Waals surface area contributed by atoms with Crippen molar-refractivity contribution in [1.82, 2.24) is 19.5 Å². The molecular formula is C19H16ClN9O5. The van der Waals surface area contributed by atoms with Crippen molar-refractivity contribution < 1.29 is 24.5 Å². The van der Waals surface area contributed by atoms with Crippen molar-refractivity contribution in [1.29, 1.82) is 5.26 Å². The Morgan fingerprint density at radius 2 is 2.26 bits per heavy atom. The number of aliphatic hydroxyl groups is 1. The fraction of sp³-hybridized carbons (Fsp3) is 0.316. The summed E-state index contributed by atoms with van der Waals surface area (Å²) >= 11 is 6.09. The number of aliphatic hydroxyl groups excluding tert-OH is 1. The molecule has 1 aliphatic heterocycles. The van der Waals surface area contributed by atoms with E-state index in [2.05, 4.69) is 30.3 Å². The predicted octanol–water partition coefficient (Wildman–Crippen LogP) is 2.02. The maximum Gasteiger partial charge on any atom is 0.333 e. The smallest absolute Gasteiger partial charge is 0.333 e. The molecule has 14 nitrogen and oxygen atoms in total. The van der Waals surface area contributed by atoms with E-state index in [1.54, 1.807) is 18.2 Å². The first kappa shape index (κ1) is 23.0. The van der Waals surface area contributed by atoms with Gasteiger partial charge in [0.15, 0.2) is 35.9 Å². The third-order valence-electron chi connectivity index (χ3n) is 5.06. The molecule has 3 N–H and O–H groups in total. The zero-order valence-electron chi connectivity index (χ0n) is 17.2. The van der Waals surface area contributed by atoms with Crippen molar-refractivity contribution in [3.8, 4) is 11.8 Å². The zero-order chi connectivity index (χ0) is 24.2. The fourth-order valence-electron chi connectivity index (χ4n) is 3.57. The molecule has 4 rings (SSSR count). The van der Waals surface area contributed by atoms with Crippen LogP contribution in [0.1, 0.15) is 11.8 Å². The van der Waals surface area contributed by atoms with Gasteiger partial charge in [-0.1, -0.05) is 16.7 Å². The highest BCUT2D eigenvalue weighted by molar-refractivity contribution is 6.30. The molecule has 1 aromatic carbocycles. The minimum Gasteiger partial charge on any atom is -0.479 e. The lowest BCUT2D eigenvalue weighted by Crippen LogP contribution is -2.34. The molecule has 15 heteroatoms. The number of carboxylic acid groups (broad SMARTS) is 1. The standard InChI is InChI=1S/C19H16ClN9O5/c20-10-1-2-11(33-4-3-21)9(5-10)6-23-16-13-17(25-7-24-16)29(8-26-13)18-14(30)12(27-28-22)15(34-18)19(31)32/h1-2,5,7-8,12,14-15,18,30H,4,6H2,(H,31,32)(H,23,24,25). The van der Waals surface area contributed by atoms with Gasteiger partial charge in [0.05, 0.1) is 6.33 Å². The summed E-state index contributed by atoms with van der Waals surface area (Å²) in [5.41, 5.74) is 9.96. The van der Waals surface area contributed by atoms with Gasteiger partial charge in [0.1, 0.15) is 30.3 Å². The van der Waals surface area contributed by atoms with Gasteiger partial charge in [-0.05, 0) is 23.7 Å². The van der Waals surface area contributed by atoms with Crippen molar-refractivity contribution >= 4 is 34.6 Å². The summed E-state index contributed by atoms with van der Waals surface area (Å²) in [5, 5.41) is 35.7. The first-order valence-corrected chi connectivity index (χ1v) is 10.1. The van der Waals surface area contributed by atoms with Gasteiger partial charge in [-0.25, -0.2) is 19.7 Å². The van der Waals surface area contributed by atoms with Crippen molar-refractivity contribution in [3.63, 3.8) is 0 Å². The molecular weight excluding hydrogens is 470 g/mol. The predicted molar refractivity (Wildman–Crippen MR) is 116 cm³/mol. The summed E-state index contributed by atoms with van der Waals surface area (Å²) < 4.78 is 12.2. The van der Waals surface area contributed by atoms with E-state index in [4.69, 9.17) is 31.9 Å². The number of fused-ring (bicyclic) bond motifs is 1. The highest BCUT2D eigenvalue weighted by atomic mass is 35.5. The van der Waals surface area contributed by atoms with Crippen LogP contribution in [0.15, 0.2) is 36.0 Å². The molecule has 4 atom stereocenters. The number of benzene rings is 1. The Bertz CT molecular complexity index is 1320. The molecule has 0 bridgehead atoms. The first-order chi connectivity index (χ1) is 16.4. The number of aliphatic carboxylic acids is 1. The molecule has 3 heterocycles. The van der Waals surface area contributed by atoms with Gasteiger partial charge in [0.25, 0.3) is 0 Å². The Kier molecular flexibility index (Phi) is 6.62. The number of hydrogen-bond donors (Lipinski definition) is 3. The van der Waals surface area contributed by atoms with E-state index < -0.39 is 30.4 Å². The molecule has 174 valence electrons. The van der Waals surface area contributed by atoms with Crippen LogP contribution < -0.4 is 10.1 Å². The average Bonchev–Trinajstić information content (AvgIpc) is 3.39. The maximum absolute atomic E-state index is 11.5. The first-order valence-electron chi connectivity index (χ1n) is 9.74. The van der Waals surface area contributed by atoms with Gasteiger partial charge in [0, 0.05) is 22.0 Å². The monoisotopic (exact) mass is 485 g/mol. The molecule has 34 heavy (non-hydrogen) atoms. The van der Waals surface area contributed by atoms with E-state index in [0.717, 1.165) is 0 Å². The van der Waals surface area contributed by atoms with Crippen LogP contribution >= 0.6 is 11.6 Å². The third-order valence-corrected chi connectivity index (χ3v) is 5.30. The van der Waals surface area contributed by atoms with E-state index in [-0.39, 0.29) is 18.8 Å². The largest absolute Gasteiger partial charge is 0.479 e. The summed E-state index contributed by atoms with van der Waals surface area (Å²) in [4.78, 5) is 26.7. The zero-order valence-corrected chi connectivity index (χ0v) is 17.9. The van der Waals surface area contributed by atoms with Gasteiger partial charge in [0.2, 0.25) is 0 Å². The number of carboxylic acids is 1. The van der Waals surface area contributed by atoms with E-state index in [0.29, 0.717) is 27.7 Å². The van der Waals surface area contributed by atoms with E-state index in [1.807, 2.05) is 6.07 Å². The Hall–Kier alpha value is -4.15. The second-order valence-electron chi connectivity index (χ2n) is 7.07. The number of ether oxygens (including phenoxy) is 2. The van der Waals surface area contributed by atoms with Crippen LogP contribution in [0, 0.1) is 11.3 Å². The number of carbonyl (C=O) groups is 1. The van der Waals surface area contributed by atoms with Crippen LogP contribution in [0.2, 0.25) is 5.02 Å². The third kappa shape index (κ3) is 4.36. The summed E-state index contributed by atoms with van der Waals surface area (Å²) in [6.07, 6.45) is -1.62. The number of imidazole rings is 1. The van der Waals surface area contributed by atoms with Gasteiger partial charge < -0.3 is 25.0 Å². The molecule has 1 saturated heterocycles. The number of nitriles is 1. The molecule has 0 radical (unpaired) electrons. The highest BCUT2D eigenvalue weighted by Crippen LogP contribution is 2.34. The summed E-state index contributed by atoms with van der Waals surface area (Å²) in [6.45, 7) is 0.0948. The minimum absolute atomic E-state index is 0.130. The van der Waals surface area contributed by atoms with Crippen LogP contribution in [0.4, 0.5) is 5.82 Å². The molecule has 2 aromatic heterocycles. The number of nitrogens with one attached hydrogen (secondary N) is 1. The minimum atomic E-state index is -1.54. The average molecular weight is 486 g/mol. The second kappa shape index (κ2) is 9.77. The van der Waals surface area contributed by atoms with E-state index in [1.165, 1.54) is 17.2 Å². The number of aromatic nitrogens is 4. The lowest BCUT2D eigenvalue weighted by molar-refractivity contribution is -0.152. The Morgan fingerprint density at radius 1 is 1.44 bits per heavy atom. The molecule has 3 aromatic rings. The Balaban J connectivity index is 1.61. The molecule has 4 unspecified atom stereocenters. The van der Waals surface area contributed by atoms with Crippen LogP contribution in [0.3, 0.4) is 0 Å². The lowest BCUT2D eigenvalue weighted by Gasteiger charge is -2.16. The Labute approximate surface area is 196 Å². The number of nitrogens with zero attached hydrogens (tertiary/aromatic N) is 8. The lowest BCUT2D eigenvalue weighted by atomic mass is 10.1. The van der Waals surface area contributed by atoms with Crippen molar-refractivity contribution in [2.24, 2.45) is 5.11 Å². The molecule has 0 saturated carbocycles. The van der Waals surface area contributed by atoms with Crippen molar-refractivity contribution in [2.45, 2.75) is 31.0 Å². The quantitative estimate of drug-likeness (QED) is 0.240. The highest BCUT2D eigenvalue weighted by Gasteiger charge is 2.48. The van der Waals surface area contributed by atoms with Crippen molar-refractivity contribution in [3.05, 3.63) is 51.9 Å². The van der Waals surface area contributed by atoms with Crippen LogP contribution in [0.5, 0.6) is 5.75 Å². The van der Waals surface area contributed by atoms with E-state index >= 15 is 0 Å². The number of azide groups is 1. The van der Waals surface area contributed by atoms with Crippen LogP contribution in [-0.4, -0.2) is 60.6 Å². The summed E-state index contributed by atoms with van der Waals surface area (Å²) in [5.74, 6) is -0.569. The molecule has 1 aliphatic rings. The number of anilines is 1. The number of halogens is 1. The maximum atomic E-state index is 11.5. The SMILES string of the molecule is N#CCOc1ccc(Cl)cc1CNc1ncnc2c1ncn2C1OC(C(=O)O)C(N=[N+]=[N-])C1O. The fourth-order valence-corrected chi connectivity index (χ4v) is 3.76. The van der Waals surface area contributed by atoms with Crippen molar-refractivity contribution in [2.75, 3.05) is 11.9 Å². The van der Waals surface area contributed by atoms with E-state index in [9.17, 15) is 15.0 Å². The normalized spacial score (nSPS) is 21.6. The summed E-state index contributed by atoms with van der Waals surface area (Å²) in [7, 11) is 0. The van der Waals surface area contributed by atoms with Crippen LogP contribution in [-0.2, 0) is 16.1 Å². The molecule has 0 amide bonds. The molecule has 0 spiro atoms. The van der Waals surface area contributed by atoms with Gasteiger partial charge in [-0.15, -0.1) is 0 Å². The number of rotatable bonds is 8.